The van der Waals surface area contributed by atoms with Crippen molar-refractivity contribution < 1.29 is 24.5 Å². The van der Waals surface area contributed by atoms with Crippen molar-refractivity contribution in [2.24, 2.45) is 0 Å². The minimum Gasteiger partial charge on any atom is -0.466 e. The zero-order chi connectivity index (χ0) is 52.9. The zero-order valence-corrected chi connectivity index (χ0v) is 49.4. The summed E-state index contributed by atoms with van der Waals surface area (Å²) in [6, 6.07) is -0.633. The Kier molecular flexibility index (Phi) is 61.4. The van der Waals surface area contributed by atoms with Crippen molar-refractivity contribution in [3.05, 3.63) is 24.3 Å². The van der Waals surface area contributed by atoms with Gasteiger partial charge in [0.05, 0.1) is 25.4 Å². The van der Waals surface area contributed by atoms with E-state index in [1.165, 1.54) is 295 Å². The van der Waals surface area contributed by atoms with Crippen molar-refractivity contribution in [3.63, 3.8) is 0 Å². The number of carbonyl (C=O) groups excluding carboxylic acids is 2. The number of nitrogens with one attached hydrogen (secondary N) is 1. The van der Waals surface area contributed by atoms with E-state index in [0.29, 0.717) is 19.4 Å². The van der Waals surface area contributed by atoms with E-state index in [1.807, 2.05) is 6.08 Å². The number of amides is 1. The van der Waals surface area contributed by atoms with Crippen LogP contribution in [0, 0.1) is 0 Å². The minimum absolute atomic E-state index is 0.0122. The number of allylic oxidation sites excluding steroid dienone is 3. The molecule has 0 aliphatic rings. The van der Waals surface area contributed by atoms with Crippen LogP contribution in [0.5, 0.6) is 0 Å². The lowest BCUT2D eigenvalue weighted by atomic mass is 10.0. The molecule has 0 radical (unpaired) electrons. The van der Waals surface area contributed by atoms with Crippen LogP contribution in [0.15, 0.2) is 24.3 Å². The molecule has 432 valence electrons. The van der Waals surface area contributed by atoms with Crippen molar-refractivity contribution >= 4 is 11.9 Å². The normalized spacial score (nSPS) is 12.7. The predicted molar refractivity (Wildman–Crippen MR) is 320 cm³/mol. The number of carbonyl (C=O) groups is 2. The first-order valence-electron chi connectivity index (χ1n) is 33.1. The molecule has 6 heteroatoms. The van der Waals surface area contributed by atoms with Gasteiger partial charge in [0.2, 0.25) is 5.91 Å². The summed E-state index contributed by atoms with van der Waals surface area (Å²) in [5, 5.41) is 23.2. The molecule has 3 N–H and O–H groups in total. The fourth-order valence-electron chi connectivity index (χ4n) is 10.4. The summed E-state index contributed by atoms with van der Waals surface area (Å²) in [4.78, 5) is 24.5. The van der Waals surface area contributed by atoms with Gasteiger partial charge in [0.1, 0.15) is 0 Å². The molecule has 0 aliphatic carbocycles. The molecule has 0 aliphatic heterocycles. The molecule has 0 saturated carbocycles. The molecular formula is C67H129NO5. The van der Waals surface area contributed by atoms with E-state index in [-0.39, 0.29) is 18.5 Å². The SMILES string of the molecule is CCCCCCCCCCCCCCCCCCCCC/C=C/C(O)C(CO)NC(=O)CCCCCCCCC/C=C\CCCCCCCCCCCCCCOC(=O)CCCCCCCCCCCCCC. The van der Waals surface area contributed by atoms with E-state index in [1.54, 1.807) is 6.08 Å². The van der Waals surface area contributed by atoms with Crippen LogP contribution in [-0.4, -0.2) is 47.4 Å². The highest BCUT2D eigenvalue weighted by molar-refractivity contribution is 5.76. The van der Waals surface area contributed by atoms with Crippen molar-refractivity contribution in [1.29, 1.82) is 0 Å². The maximum absolute atomic E-state index is 12.5. The van der Waals surface area contributed by atoms with Crippen LogP contribution in [-0.2, 0) is 14.3 Å². The maximum Gasteiger partial charge on any atom is 0.305 e. The fraction of sp³-hybridized carbons (Fsp3) is 0.910. The molecule has 1 amide bonds. The maximum atomic E-state index is 12.5. The summed E-state index contributed by atoms with van der Waals surface area (Å²) in [6.45, 7) is 4.93. The van der Waals surface area contributed by atoms with Gasteiger partial charge in [-0.1, -0.05) is 321 Å². The molecule has 0 bridgehead atoms. The van der Waals surface area contributed by atoms with Gasteiger partial charge in [0.15, 0.2) is 0 Å². The highest BCUT2D eigenvalue weighted by Crippen LogP contribution is 2.18. The molecule has 0 spiro atoms. The third kappa shape index (κ3) is 59.4. The Morgan fingerprint density at radius 2 is 0.644 bits per heavy atom. The summed E-state index contributed by atoms with van der Waals surface area (Å²) in [7, 11) is 0. The molecule has 0 saturated heterocycles. The third-order valence-electron chi connectivity index (χ3n) is 15.5. The second-order valence-corrected chi connectivity index (χ2v) is 22.8. The van der Waals surface area contributed by atoms with Gasteiger partial charge in [-0.05, 0) is 57.8 Å². The largest absolute Gasteiger partial charge is 0.466 e. The highest BCUT2D eigenvalue weighted by Gasteiger charge is 2.18. The van der Waals surface area contributed by atoms with Gasteiger partial charge in [-0.3, -0.25) is 9.59 Å². The summed E-state index contributed by atoms with van der Waals surface area (Å²) < 4.78 is 5.48. The Hall–Kier alpha value is -1.66. The third-order valence-corrected chi connectivity index (χ3v) is 15.5. The van der Waals surface area contributed by atoms with Crippen molar-refractivity contribution in [3.8, 4) is 0 Å². The summed E-state index contributed by atoms with van der Waals surface area (Å²) >= 11 is 0. The number of aliphatic hydroxyl groups is 2. The number of hydrogen-bond acceptors (Lipinski definition) is 5. The van der Waals surface area contributed by atoms with Gasteiger partial charge in [0.25, 0.3) is 0 Å². The summed E-state index contributed by atoms with van der Waals surface area (Å²) in [5.41, 5.74) is 0. The zero-order valence-electron chi connectivity index (χ0n) is 49.4. The molecule has 0 aromatic carbocycles. The van der Waals surface area contributed by atoms with E-state index < -0.39 is 12.1 Å². The minimum atomic E-state index is -0.849. The number of rotatable bonds is 62. The standard InChI is InChI=1S/C67H129NO5/c1-3-5-7-9-11-13-15-17-18-19-20-24-27-30-33-36-39-43-47-51-55-59-65(70)64(63-69)68-66(71)60-56-52-48-44-40-37-34-31-28-25-22-21-23-26-29-32-35-38-42-46-50-54-58-62-73-67(72)61-57-53-49-45-41-16-14-12-10-8-6-4-2/h25,28,55,59,64-65,69-70H,3-24,26-27,29-54,56-58,60-63H2,1-2H3,(H,68,71)/b28-25-,59-55+. The first kappa shape index (κ1) is 71.3. The van der Waals surface area contributed by atoms with E-state index >= 15 is 0 Å². The van der Waals surface area contributed by atoms with E-state index in [0.717, 1.165) is 44.9 Å². The number of hydrogen-bond donors (Lipinski definition) is 3. The van der Waals surface area contributed by atoms with Gasteiger partial charge >= 0.3 is 5.97 Å². The van der Waals surface area contributed by atoms with Crippen molar-refractivity contribution in [1.82, 2.24) is 5.32 Å². The highest BCUT2D eigenvalue weighted by atomic mass is 16.5. The Morgan fingerprint density at radius 3 is 0.973 bits per heavy atom. The Morgan fingerprint density at radius 1 is 0.370 bits per heavy atom. The molecule has 0 aromatic rings. The lowest BCUT2D eigenvalue weighted by molar-refractivity contribution is -0.143. The van der Waals surface area contributed by atoms with Crippen LogP contribution >= 0.6 is 0 Å². The lowest BCUT2D eigenvalue weighted by Gasteiger charge is -2.20. The summed E-state index contributed by atoms with van der Waals surface area (Å²) in [5.74, 6) is -0.0585. The van der Waals surface area contributed by atoms with Crippen LogP contribution in [0.4, 0.5) is 0 Å². The first-order chi connectivity index (χ1) is 36.0. The summed E-state index contributed by atoms with van der Waals surface area (Å²) in [6.07, 6.45) is 78.0. The first-order valence-corrected chi connectivity index (χ1v) is 33.1. The topological polar surface area (TPSA) is 95.9 Å². The second-order valence-electron chi connectivity index (χ2n) is 22.8. The van der Waals surface area contributed by atoms with Crippen LogP contribution in [0.3, 0.4) is 0 Å². The number of unbranched alkanes of at least 4 members (excludes halogenated alkanes) is 49. The number of aliphatic hydroxyl groups excluding tert-OH is 2. The van der Waals surface area contributed by atoms with Crippen molar-refractivity contribution in [2.75, 3.05) is 13.2 Å². The Balaban J connectivity index is 3.44. The molecule has 0 fully saturated rings. The molecular weight excluding hydrogens is 899 g/mol. The van der Waals surface area contributed by atoms with E-state index in [4.69, 9.17) is 4.74 Å². The van der Waals surface area contributed by atoms with Gasteiger partial charge in [0, 0.05) is 12.8 Å². The Bertz CT molecular complexity index is 1140. The van der Waals surface area contributed by atoms with Crippen LogP contribution in [0.1, 0.15) is 367 Å². The Labute approximate surface area is 456 Å². The average Bonchev–Trinajstić information content (AvgIpc) is 3.39. The predicted octanol–water partition coefficient (Wildman–Crippen LogP) is 21.0. The molecule has 2 atom stereocenters. The molecule has 0 rings (SSSR count). The quantitative estimate of drug-likeness (QED) is 0.0320. The van der Waals surface area contributed by atoms with E-state index in [2.05, 4.69) is 31.3 Å². The van der Waals surface area contributed by atoms with Crippen molar-refractivity contribution in [2.45, 2.75) is 379 Å². The smallest absolute Gasteiger partial charge is 0.305 e. The van der Waals surface area contributed by atoms with Gasteiger partial charge in [-0.15, -0.1) is 0 Å². The van der Waals surface area contributed by atoms with Gasteiger partial charge in [-0.2, -0.15) is 0 Å². The molecule has 2 unspecified atom stereocenters. The van der Waals surface area contributed by atoms with Gasteiger partial charge in [-0.25, -0.2) is 0 Å². The average molecular weight is 1030 g/mol. The molecule has 73 heavy (non-hydrogen) atoms. The lowest BCUT2D eigenvalue weighted by Crippen LogP contribution is -2.45. The molecule has 6 nitrogen and oxygen atoms in total. The van der Waals surface area contributed by atoms with Crippen LogP contribution < -0.4 is 5.32 Å². The molecule has 0 aromatic heterocycles. The van der Waals surface area contributed by atoms with Crippen LogP contribution in [0.25, 0.3) is 0 Å². The number of ether oxygens (including phenoxy) is 1. The molecule has 0 heterocycles. The van der Waals surface area contributed by atoms with Crippen LogP contribution in [0.2, 0.25) is 0 Å². The monoisotopic (exact) mass is 1030 g/mol. The van der Waals surface area contributed by atoms with Gasteiger partial charge < -0.3 is 20.3 Å². The second kappa shape index (κ2) is 62.9. The van der Waals surface area contributed by atoms with E-state index in [9.17, 15) is 19.8 Å². The number of esters is 1. The fourth-order valence-corrected chi connectivity index (χ4v) is 10.4.